The van der Waals surface area contributed by atoms with Crippen LogP contribution in [0.25, 0.3) is 0 Å². The molecule has 3 aromatic rings. The summed E-state index contributed by atoms with van der Waals surface area (Å²) in [5.74, 6) is 1.59. The van der Waals surface area contributed by atoms with E-state index in [9.17, 15) is 4.79 Å². The number of carbonyl (C=O) groups excluding carboxylic acids is 1. The third-order valence-electron chi connectivity index (χ3n) is 4.50. The van der Waals surface area contributed by atoms with Gasteiger partial charge in [-0.2, -0.15) is 5.10 Å². The lowest BCUT2D eigenvalue weighted by atomic mass is 9.87. The van der Waals surface area contributed by atoms with E-state index in [4.69, 9.17) is 4.74 Å². The lowest BCUT2D eigenvalue weighted by Crippen LogP contribution is -2.24. The molecule has 1 N–H and O–H groups in total. The van der Waals surface area contributed by atoms with Crippen molar-refractivity contribution in [1.82, 2.24) is 9.78 Å². The van der Waals surface area contributed by atoms with E-state index in [0.717, 1.165) is 28.3 Å². The molecule has 0 bridgehead atoms. The fourth-order valence-corrected chi connectivity index (χ4v) is 3.20. The highest BCUT2D eigenvalue weighted by molar-refractivity contribution is 5.94. The Morgan fingerprint density at radius 2 is 2.04 bits per heavy atom. The van der Waals surface area contributed by atoms with Crippen molar-refractivity contribution >= 4 is 11.7 Å². The van der Waals surface area contributed by atoms with Crippen molar-refractivity contribution < 1.29 is 9.53 Å². The molecule has 2 heterocycles. The third kappa shape index (κ3) is 3.13. The van der Waals surface area contributed by atoms with Crippen molar-refractivity contribution in [1.29, 1.82) is 0 Å². The van der Waals surface area contributed by atoms with Crippen LogP contribution in [0.4, 0.5) is 5.82 Å². The van der Waals surface area contributed by atoms with Crippen LogP contribution in [-0.4, -0.2) is 15.7 Å². The number of anilines is 1. The molecule has 0 fully saturated rings. The number of carbonyl (C=O) groups is 1. The molecule has 4 rings (SSSR count). The predicted molar refractivity (Wildman–Crippen MR) is 95.5 cm³/mol. The maximum Gasteiger partial charge on any atom is 0.226 e. The Hall–Kier alpha value is -3.08. The molecular weight excluding hydrogens is 314 g/mol. The van der Waals surface area contributed by atoms with Gasteiger partial charge in [0.2, 0.25) is 5.91 Å². The first-order chi connectivity index (χ1) is 12.2. The predicted octanol–water partition coefficient (Wildman–Crippen LogP) is 3.47. The molecule has 0 saturated carbocycles. The summed E-state index contributed by atoms with van der Waals surface area (Å²) in [6.45, 7) is 0.521. The number of amides is 1. The normalized spacial score (nSPS) is 16.2. The number of hydrogen-bond acceptors (Lipinski definition) is 3. The minimum absolute atomic E-state index is 0.00211. The van der Waals surface area contributed by atoms with Gasteiger partial charge >= 0.3 is 0 Å². The number of fused-ring (bicyclic) bond motifs is 1. The molecule has 1 unspecified atom stereocenters. The van der Waals surface area contributed by atoms with Gasteiger partial charge in [0.1, 0.15) is 18.2 Å². The Labute approximate surface area is 146 Å². The summed E-state index contributed by atoms with van der Waals surface area (Å²) in [6, 6.07) is 18.0. The van der Waals surface area contributed by atoms with Crippen LogP contribution in [0.3, 0.4) is 0 Å². The van der Waals surface area contributed by atoms with Crippen LogP contribution >= 0.6 is 0 Å². The van der Waals surface area contributed by atoms with E-state index in [1.807, 2.05) is 67.8 Å². The van der Waals surface area contributed by atoms with Gasteiger partial charge in [-0.1, -0.05) is 42.5 Å². The van der Waals surface area contributed by atoms with E-state index >= 15 is 0 Å². The van der Waals surface area contributed by atoms with E-state index in [-0.39, 0.29) is 11.8 Å². The number of aryl methyl sites for hydroxylation is 1. The second-order valence-electron chi connectivity index (χ2n) is 6.22. The molecule has 2 aromatic carbocycles. The molecule has 5 nitrogen and oxygen atoms in total. The maximum absolute atomic E-state index is 12.1. The molecule has 1 aliphatic rings. The van der Waals surface area contributed by atoms with E-state index in [2.05, 4.69) is 10.4 Å². The lowest BCUT2D eigenvalue weighted by Gasteiger charge is -2.23. The van der Waals surface area contributed by atoms with Gasteiger partial charge in [0.15, 0.2) is 0 Å². The average molecular weight is 333 g/mol. The zero-order valence-corrected chi connectivity index (χ0v) is 14.0. The molecule has 0 radical (unpaired) electrons. The van der Waals surface area contributed by atoms with Crippen LogP contribution in [0.2, 0.25) is 0 Å². The largest absolute Gasteiger partial charge is 0.489 e. The van der Waals surface area contributed by atoms with E-state index in [0.29, 0.717) is 13.0 Å². The van der Waals surface area contributed by atoms with Gasteiger partial charge in [0.05, 0.1) is 6.20 Å². The molecule has 25 heavy (non-hydrogen) atoms. The summed E-state index contributed by atoms with van der Waals surface area (Å²) in [6.07, 6.45) is 2.25. The smallest absolute Gasteiger partial charge is 0.226 e. The first-order valence-electron chi connectivity index (χ1n) is 8.29. The van der Waals surface area contributed by atoms with Crippen molar-refractivity contribution in [2.24, 2.45) is 7.05 Å². The summed E-state index contributed by atoms with van der Waals surface area (Å²) >= 11 is 0. The second-order valence-corrected chi connectivity index (χ2v) is 6.22. The van der Waals surface area contributed by atoms with Gasteiger partial charge in [-0.15, -0.1) is 0 Å². The highest BCUT2D eigenvalue weighted by atomic mass is 16.5. The summed E-state index contributed by atoms with van der Waals surface area (Å²) in [7, 11) is 1.83. The maximum atomic E-state index is 12.1. The van der Waals surface area contributed by atoms with Crippen molar-refractivity contribution in [3.05, 3.63) is 77.5 Å². The molecule has 0 spiro atoms. The number of benzene rings is 2. The zero-order valence-electron chi connectivity index (χ0n) is 14.0. The quantitative estimate of drug-likeness (QED) is 0.795. The zero-order chi connectivity index (χ0) is 17.2. The molecule has 1 aliphatic heterocycles. The fraction of sp³-hybridized carbons (Fsp3) is 0.200. The average Bonchev–Trinajstić information content (AvgIpc) is 3.01. The lowest BCUT2D eigenvalue weighted by molar-refractivity contribution is -0.116. The van der Waals surface area contributed by atoms with Gasteiger partial charge in [0, 0.05) is 24.9 Å². The Kier molecular flexibility index (Phi) is 3.98. The second kappa shape index (κ2) is 6.43. The number of ether oxygens (including phenoxy) is 1. The molecular formula is C20H19N3O2. The monoisotopic (exact) mass is 333 g/mol. The van der Waals surface area contributed by atoms with Gasteiger partial charge in [0.25, 0.3) is 0 Å². The molecule has 0 aliphatic carbocycles. The van der Waals surface area contributed by atoms with Crippen molar-refractivity contribution in [3.63, 3.8) is 0 Å². The van der Waals surface area contributed by atoms with Crippen LogP contribution in [0, 0.1) is 0 Å². The molecule has 5 heteroatoms. The highest BCUT2D eigenvalue weighted by Gasteiger charge is 2.29. The van der Waals surface area contributed by atoms with E-state index < -0.39 is 0 Å². The number of rotatable bonds is 4. The third-order valence-corrected chi connectivity index (χ3v) is 4.50. The van der Waals surface area contributed by atoms with Crippen LogP contribution < -0.4 is 10.1 Å². The standard InChI is InChI=1S/C20H19N3O2/c1-23-20-18(12-21-23)17(11-19(24)22-20)15-8-5-9-16(10-15)25-13-14-6-3-2-4-7-14/h2-10,12,17H,11,13H2,1H3,(H,22,24). The van der Waals surface area contributed by atoms with Gasteiger partial charge in [-0.25, -0.2) is 0 Å². The van der Waals surface area contributed by atoms with Crippen LogP contribution in [0.1, 0.15) is 29.0 Å². The SMILES string of the molecule is Cn1ncc2c1NC(=O)CC2c1cccc(OCc2ccccc2)c1. The number of nitrogens with one attached hydrogen (secondary N) is 1. The summed E-state index contributed by atoms with van der Waals surface area (Å²) < 4.78 is 7.63. The summed E-state index contributed by atoms with van der Waals surface area (Å²) in [5.41, 5.74) is 3.23. The number of hydrogen-bond donors (Lipinski definition) is 1. The fourth-order valence-electron chi connectivity index (χ4n) is 3.20. The van der Waals surface area contributed by atoms with Crippen molar-refractivity contribution in [2.45, 2.75) is 18.9 Å². The minimum Gasteiger partial charge on any atom is -0.489 e. The summed E-state index contributed by atoms with van der Waals surface area (Å²) in [5, 5.41) is 7.18. The molecule has 0 saturated heterocycles. The van der Waals surface area contributed by atoms with Crippen LogP contribution in [0.5, 0.6) is 5.75 Å². The highest BCUT2D eigenvalue weighted by Crippen LogP contribution is 2.37. The van der Waals surface area contributed by atoms with Gasteiger partial charge in [-0.05, 0) is 23.3 Å². The van der Waals surface area contributed by atoms with Crippen molar-refractivity contribution in [3.8, 4) is 5.75 Å². The van der Waals surface area contributed by atoms with Gasteiger partial charge in [-0.3, -0.25) is 9.48 Å². The molecule has 1 amide bonds. The molecule has 126 valence electrons. The van der Waals surface area contributed by atoms with Crippen LogP contribution in [-0.2, 0) is 18.4 Å². The van der Waals surface area contributed by atoms with Crippen LogP contribution in [0.15, 0.2) is 60.8 Å². The molecule has 1 atom stereocenters. The van der Waals surface area contributed by atoms with Gasteiger partial charge < -0.3 is 10.1 Å². The van der Waals surface area contributed by atoms with Crippen molar-refractivity contribution in [2.75, 3.05) is 5.32 Å². The Morgan fingerprint density at radius 3 is 2.88 bits per heavy atom. The summed E-state index contributed by atoms with van der Waals surface area (Å²) in [4.78, 5) is 12.1. The number of aromatic nitrogens is 2. The van der Waals surface area contributed by atoms with E-state index in [1.165, 1.54) is 0 Å². The van der Waals surface area contributed by atoms with E-state index in [1.54, 1.807) is 4.68 Å². The Balaban J connectivity index is 1.58. The molecule has 1 aromatic heterocycles. The minimum atomic E-state index is -0.00211. The first-order valence-corrected chi connectivity index (χ1v) is 8.29. The Morgan fingerprint density at radius 1 is 1.20 bits per heavy atom. The number of nitrogens with zero attached hydrogens (tertiary/aromatic N) is 2. The topological polar surface area (TPSA) is 56.2 Å². The Bertz CT molecular complexity index is 902. The first kappa shape index (κ1) is 15.4.